The maximum Gasteiger partial charge on any atom is 0.123 e. The number of fused-ring (bicyclic) bond motifs is 1. The molecule has 138 valence electrons. The summed E-state index contributed by atoms with van der Waals surface area (Å²) in [5.74, 6) is 0.397. The molecule has 1 heteroatoms. The highest BCUT2D eigenvalue weighted by Crippen LogP contribution is 2.28. The van der Waals surface area contributed by atoms with E-state index in [4.69, 9.17) is 0 Å². The van der Waals surface area contributed by atoms with Crippen molar-refractivity contribution in [2.45, 2.75) is 90.4 Å². The summed E-state index contributed by atoms with van der Waals surface area (Å²) in [7, 11) is 0. The van der Waals surface area contributed by atoms with E-state index in [2.05, 4.69) is 25.1 Å². The van der Waals surface area contributed by atoms with Gasteiger partial charge >= 0.3 is 0 Å². The standard InChI is InChI=1S/C24H36O/c1-2-3-4-5-6-7-8-9-10-11-12-13-16-21-19-20-24(25)23-18-15-14-17-22(21)23/h14-15,17-20,25H,2-13,16H2,1H3. The molecule has 0 saturated carbocycles. The van der Waals surface area contributed by atoms with E-state index in [1.165, 1.54) is 88.0 Å². The van der Waals surface area contributed by atoms with Crippen molar-refractivity contribution >= 4 is 10.8 Å². The Morgan fingerprint density at radius 1 is 0.600 bits per heavy atom. The van der Waals surface area contributed by atoms with Gasteiger partial charge in [-0.2, -0.15) is 0 Å². The summed E-state index contributed by atoms with van der Waals surface area (Å²) in [4.78, 5) is 0. The molecule has 2 aromatic rings. The van der Waals surface area contributed by atoms with Crippen molar-refractivity contribution in [3.63, 3.8) is 0 Å². The molecule has 0 spiro atoms. The molecular weight excluding hydrogens is 304 g/mol. The summed E-state index contributed by atoms with van der Waals surface area (Å²) >= 11 is 0. The first-order valence-electron chi connectivity index (χ1n) is 10.5. The van der Waals surface area contributed by atoms with Crippen molar-refractivity contribution in [1.29, 1.82) is 0 Å². The summed E-state index contributed by atoms with van der Waals surface area (Å²) < 4.78 is 0. The molecule has 0 unspecified atom stereocenters. The smallest absolute Gasteiger partial charge is 0.123 e. The minimum atomic E-state index is 0.397. The number of aryl methyl sites for hydroxylation is 1. The maximum atomic E-state index is 9.97. The lowest BCUT2D eigenvalue weighted by molar-refractivity contribution is 0.481. The number of phenols is 1. The first-order valence-corrected chi connectivity index (χ1v) is 10.5. The third-order valence-electron chi connectivity index (χ3n) is 5.29. The van der Waals surface area contributed by atoms with Crippen LogP contribution in [-0.4, -0.2) is 5.11 Å². The molecule has 2 rings (SSSR count). The second-order valence-electron chi connectivity index (χ2n) is 7.43. The Morgan fingerprint density at radius 2 is 1.12 bits per heavy atom. The molecule has 0 aliphatic rings. The normalized spacial score (nSPS) is 11.2. The Labute approximate surface area is 154 Å². The minimum absolute atomic E-state index is 0.397. The van der Waals surface area contributed by atoms with Crippen LogP contribution in [0.4, 0.5) is 0 Å². The quantitative estimate of drug-likeness (QED) is 0.369. The number of hydrogen-bond acceptors (Lipinski definition) is 1. The average molecular weight is 341 g/mol. The topological polar surface area (TPSA) is 20.2 Å². The van der Waals surface area contributed by atoms with E-state index in [0.717, 1.165) is 11.8 Å². The van der Waals surface area contributed by atoms with Crippen LogP contribution < -0.4 is 0 Å². The number of rotatable bonds is 13. The summed E-state index contributed by atoms with van der Waals surface area (Å²) in [6.07, 6.45) is 17.8. The molecular formula is C24H36O. The van der Waals surface area contributed by atoms with E-state index >= 15 is 0 Å². The molecule has 0 aromatic heterocycles. The van der Waals surface area contributed by atoms with Crippen LogP contribution in [0.2, 0.25) is 0 Å². The third kappa shape index (κ3) is 7.10. The van der Waals surface area contributed by atoms with Crippen molar-refractivity contribution < 1.29 is 5.11 Å². The molecule has 0 saturated heterocycles. The van der Waals surface area contributed by atoms with Gasteiger partial charge in [-0.05, 0) is 29.9 Å². The molecule has 0 aliphatic carbocycles. The van der Waals surface area contributed by atoms with E-state index in [9.17, 15) is 5.11 Å². The maximum absolute atomic E-state index is 9.97. The molecule has 0 radical (unpaired) electrons. The minimum Gasteiger partial charge on any atom is -0.507 e. The Hall–Kier alpha value is -1.50. The molecule has 0 atom stereocenters. The molecule has 0 fully saturated rings. The van der Waals surface area contributed by atoms with Crippen molar-refractivity contribution in [3.05, 3.63) is 42.0 Å². The van der Waals surface area contributed by atoms with Gasteiger partial charge in [0.1, 0.15) is 5.75 Å². The highest BCUT2D eigenvalue weighted by molar-refractivity contribution is 5.90. The second-order valence-corrected chi connectivity index (χ2v) is 7.43. The lowest BCUT2D eigenvalue weighted by Gasteiger charge is -2.08. The van der Waals surface area contributed by atoms with Crippen LogP contribution in [-0.2, 0) is 6.42 Å². The van der Waals surface area contributed by atoms with Crippen LogP contribution in [0.25, 0.3) is 10.8 Å². The molecule has 0 bridgehead atoms. The third-order valence-corrected chi connectivity index (χ3v) is 5.29. The fourth-order valence-corrected chi connectivity index (χ4v) is 3.72. The zero-order valence-electron chi connectivity index (χ0n) is 16.1. The van der Waals surface area contributed by atoms with Gasteiger partial charge in [-0.25, -0.2) is 0 Å². The summed E-state index contributed by atoms with van der Waals surface area (Å²) in [6.45, 7) is 2.28. The summed E-state index contributed by atoms with van der Waals surface area (Å²) in [5, 5.41) is 12.2. The highest BCUT2D eigenvalue weighted by Gasteiger charge is 2.04. The van der Waals surface area contributed by atoms with Gasteiger partial charge in [-0.3, -0.25) is 0 Å². The summed E-state index contributed by atoms with van der Waals surface area (Å²) in [5.41, 5.74) is 1.38. The van der Waals surface area contributed by atoms with E-state index in [0.29, 0.717) is 5.75 Å². The van der Waals surface area contributed by atoms with Gasteiger partial charge < -0.3 is 5.11 Å². The zero-order chi connectivity index (χ0) is 17.7. The van der Waals surface area contributed by atoms with Gasteiger partial charge in [0.25, 0.3) is 0 Å². The molecule has 2 aromatic carbocycles. The van der Waals surface area contributed by atoms with E-state index < -0.39 is 0 Å². The molecule has 1 nitrogen and oxygen atoms in total. The predicted octanol–water partition coefficient (Wildman–Crippen LogP) is 7.79. The number of phenolic OH excluding ortho intramolecular Hbond substituents is 1. The fourth-order valence-electron chi connectivity index (χ4n) is 3.72. The number of aromatic hydroxyl groups is 1. The van der Waals surface area contributed by atoms with Gasteiger partial charge in [0.2, 0.25) is 0 Å². The lowest BCUT2D eigenvalue weighted by atomic mass is 9.98. The van der Waals surface area contributed by atoms with Crippen LogP contribution in [0, 0.1) is 0 Å². The van der Waals surface area contributed by atoms with Gasteiger partial charge in [0, 0.05) is 5.39 Å². The zero-order valence-corrected chi connectivity index (χ0v) is 16.1. The number of unbranched alkanes of at least 4 members (excludes halogenated alkanes) is 11. The van der Waals surface area contributed by atoms with Gasteiger partial charge in [0.05, 0.1) is 0 Å². The SMILES string of the molecule is CCCCCCCCCCCCCCc1ccc(O)c2ccccc12. The molecule has 1 N–H and O–H groups in total. The highest BCUT2D eigenvalue weighted by atomic mass is 16.3. The molecule has 0 amide bonds. The molecule has 25 heavy (non-hydrogen) atoms. The number of hydrogen-bond donors (Lipinski definition) is 1. The fraction of sp³-hybridized carbons (Fsp3) is 0.583. The van der Waals surface area contributed by atoms with Crippen LogP contribution in [0.15, 0.2) is 36.4 Å². The molecule has 0 aliphatic heterocycles. The average Bonchev–Trinajstić information content (AvgIpc) is 2.64. The monoisotopic (exact) mass is 340 g/mol. The largest absolute Gasteiger partial charge is 0.507 e. The van der Waals surface area contributed by atoms with Gasteiger partial charge in [-0.1, -0.05) is 108 Å². The molecule has 0 heterocycles. The second kappa shape index (κ2) is 12.0. The van der Waals surface area contributed by atoms with Crippen LogP contribution in [0.5, 0.6) is 5.75 Å². The first-order chi connectivity index (χ1) is 12.3. The van der Waals surface area contributed by atoms with E-state index in [1.807, 2.05) is 18.2 Å². The van der Waals surface area contributed by atoms with E-state index in [1.54, 1.807) is 0 Å². The Balaban J connectivity index is 1.55. The van der Waals surface area contributed by atoms with Gasteiger partial charge in [-0.15, -0.1) is 0 Å². The Morgan fingerprint density at radius 3 is 1.72 bits per heavy atom. The van der Waals surface area contributed by atoms with Crippen LogP contribution >= 0.6 is 0 Å². The van der Waals surface area contributed by atoms with Crippen LogP contribution in [0.1, 0.15) is 89.5 Å². The van der Waals surface area contributed by atoms with E-state index in [-0.39, 0.29) is 0 Å². The lowest BCUT2D eigenvalue weighted by Crippen LogP contribution is -1.89. The predicted molar refractivity (Wildman–Crippen MR) is 110 cm³/mol. The Bertz CT molecular complexity index is 602. The first kappa shape index (κ1) is 19.8. The number of benzene rings is 2. The van der Waals surface area contributed by atoms with Crippen molar-refractivity contribution in [1.82, 2.24) is 0 Å². The van der Waals surface area contributed by atoms with Crippen molar-refractivity contribution in [2.75, 3.05) is 0 Å². The van der Waals surface area contributed by atoms with Gasteiger partial charge in [0.15, 0.2) is 0 Å². The summed E-state index contributed by atoms with van der Waals surface area (Å²) in [6, 6.07) is 12.1. The van der Waals surface area contributed by atoms with Crippen LogP contribution in [0.3, 0.4) is 0 Å². The van der Waals surface area contributed by atoms with Crippen molar-refractivity contribution in [2.24, 2.45) is 0 Å². The Kier molecular flexibility index (Phi) is 9.47. The van der Waals surface area contributed by atoms with Crippen molar-refractivity contribution in [3.8, 4) is 5.75 Å².